The van der Waals surface area contributed by atoms with E-state index >= 15 is 0 Å². The molecule has 0 amide bonds. The standard InChI is InChI=1S/C12H23NO2/c1-3-5-10(2)9-15-12(14)11-6-4-7-13-8-11/h10-11,13H,3-9H2,1-2H3. The van der Waals surface area contributed by atoms with Crippen LogP contribution >= 0.6 is 0 Å². The minimum absolute atomic E-state index is 0.00912. The van der Waals surface area contributed by atoms with Crippen LogP contribution in [0.25, 0.3) is 0 Å². The van der Waals surface area contributed by atoms with E-state index in [9.17, 15) is 4.79 Å². The van der Waals surface area contributed by atoms with Crippen molar-refractivity contribution in [2.24, 2.45) is 11.8 Å². The fourth-order valence-electron chi connectivity index (χ4n) is 1.97. The predicted octanol–water partition coefficient (Wildman–Crippen LogP) is 1.97. The molecule has 1 aliphatic rings. The van der Waals surface area contributed by atoms with Gasteiger partial charge in [0, 0.05) is 6.54 Å². The van der Waals surface area contributed by atoms with Crippen molar-refractivity contribution in [3.63, 3.8) is 0 Å². The molecule has 0 saturated carbocycles. The van der Waals surface area contributed by atoms with Gasteiger partial charge in [-0.25, -0.2) is 0 Å². The van der Waals surface area contributed by atoms with Gasteiger partial charge in [-0.1, -0.05) is 20.3 Å². The van der Waals surface area contributed by atoms with Crippen LogP contribution in [0.1, 0.15) is 39.5 Å². The molecule has 1 rings (SSSR count). The molecule has 1 fully saturated rings. The van der Waals surface area contributed by atoms with Gasteiger partial charge in [-0.2, -0.15) is 0 Å². The van der Waals surface area contributed by atoms with Crippen LogP contribution in [0.3, 0.4) is 0 Å². The summed E-state index contributed by atoms with van der Waals surface area (Å²) in [6.45, 7) is 6.71. The number of hydrogen-bond acceptors (Lipinski definition) is 3. The van der Waals surface area contributed by atoms with Crippen LogP contribution in [0.2, 0.25) is 0 Å². The SMILES string of the molecule is CCCC(C)COC(=O)C1CCCNC1. The summed E-state index contributed by atoms with van der Waals surface area (Å²) in [6, 6.07) is 0. The average Bonchev–Trinajstić information content (AvgIpc) is 2.27. The second-order valence-corrected chi connectivity index (χ2v) is 4.57. The monoisotopic (exact) mass is 213 g/mol. The molecule has 1 N–H and O–H groups in total. The van der Waals surface area contributed by atoms with E-state index in [1.54, 1.807) is 0 Å². The number of rotatable bonds is 5. The van der Waals surface area contributed by atoms with E-state index in [4.69, 9.17) is 4.74 Å². The summed E-state index contributed by atoms with van der Waals surface area (Å²) in [5.74, 6) is 0.577. The van der Waals surface area contributed by atoms with Crippen LogP contribution in [0.15, 0.2) is 0 Å². The lowest BCUT2D eigenvalue weighted by Crippen LogP contribution is -2.35. The summed E-state index contributed by atoms with van der Waals surface area (Å²) in [5.41, 5.74) is 0. The van der Waals surface area contributed by atoms with E-state index in [1.165, 1.54) is 0 Å². The third-order valence-electron chi connectivity index (χ3n) is 2.92. The molecule has 0 spiro atoms. The molecule has 0 bridgehead atoms. The van der Waals surface area contributed by atoms with Crippen molar-refractivity contribution in [2.45, 2.75) is 39.5 Å². The Morgan fingerprint density at radius 3 is 3.00 bits per heavy atom. The highest BCUT2D eigenvalue weighted by Gasteiger charge is 2.22. The van der Waals surface area contributed by atoms with Crippen LogP contribution in [-0.2, 0) is 9.53 Å². The Balaban J connectivity index is 2.16. The number of hydrogen-bond donors (Lipinski definition) is 1. The lowest BCUT2D eigenvalue weighted by Gasteiger charge is -2.22. The molecular formula is C12H23NO2. The predicted molar refractivity (Wildman–Crippen MR) is 60.6 cm³/mol. The zero-order valence-corrected chi connectivity index (χ0v) is 9.92. The average molecular weight is 213 g/mol. The third-order valence-corrected chi connectivity index (χ3v) is 2.92. The summed E-state index contributed by atoms with van der Waals surface area (Å²) in [6.07, 6.45) is 4.36. The molecule has 88 valence electrons. The molecule has 1 aliphatic heterocycles. The van der Waals surface area contributed by atoms with Gasteiger partial charge in [-0.3, -0.25) is 4.79 Å². The lowest BCUT2D eigenvalue weighted by molar-refractivity contribution is -0.150. The maximum atomic E-state index is 11.6. The molecule has 3 nitrogen and oxygen atoms in total. The van der Waals surface area contributed by atoms with Crippen molar-refractivity contribution in [2.75, 3.05) is 19.7 Å². The fourth-order valence-corrected chi connectivity index (χ4v) is 1.97. The zero-order valence-electron chi connectivity index (χ0n) is 9.92. The minimum Gasteiger partial charge on any atom is -0.465 e. The van der Waals surface area contributed by atoms with Gasteiger partial charge >= 0.3 is 5.97 Å². The Labute approximate surface area is 92.6 Å². The molecule has 0 aromatic rings. The van der Waals surface area contributed by atoms with E-state index in [1.807, 2.05) is 0 Å². The van der Waals surface area contributed by atoms with Gasteiger partial charge in [0.2, 0.25) is 0 Å². The topological polar surface area (TPSA) is 38.3 Å². The van der Waals surface area contributed by atoms with Crippen molar-refractivity contribution in [3.05, 3.63) is 0 Å². The first-order chi connectivity index (χ1) is 7.24. The summed E-state index contributed by atoms with van der Waals surface area (Å²) in [5, 5.41) is 3.23. The smallest absolute Gasteiger partial charge is 0.310 e. The van der Waals surface area contributed by atoms with Gasteiger partial charge in [0.15, 0.2) is 0 Å². The maximum Gasteiger partial charge on any atom is 0.310 e. The highest BCUT2D eigenvalue weighted by atomic mass is 16.5. The molecule has 2 atom stereocenters. The van der Waals surface area contributed by atoms with Gasteiger partial charge < -0.3 is 10.1 Å². The van der Waals surface area contributed by atoms with Crippen molar-refractivity contribution < 1.29 is 9.53 Å². The van der Waals surface area contributed by atoms with E-state index in [2.05, 4.69) is 19.2 Å². The summed E-state index contributed by atoms with van der Waals surface area (Å²) >= 11 is 0. The molecule has 0 aliphatic carbocycles. The van der Waals surface area contributed by atoms with E-state index in [0.29, 0.717) is 12.5 Å². The molecule has 0 aromatic carbocycles. The number of nitrogens with one attached hydrogen (secondary N) is 1. The first-order valence-electron chi connectivity index (χ1n) is 6.11. The first kappa shape index (κ1) is 12.5. The van der Waals surface area contributed by atoms with Crippen molar-refractivity contribution >= 4 is 5.97 Å². The normalized spacial score (nSPS) is 23.5. The van der Waals surface area contributed by atoms with Crippen LogP contribution in [0, 0.1) is 11.8 Å². The molecule has 2 unspecified atom stereocenters. The molecule has 15 heavy (non-hydrogen) atoms. The number of piperidine rings is 1. The van der Waals surface area contributed by atoms with Gasteiger partial charge in [0.25, 0.3) is 0 Å². The maximum absolute atomic E-state index is 11.6. The van der Waals surface area contributed by atoms with Gasteiger partial charge in [0.1, 0.15) is 0 Å². The molecule has 3 heteroatoms. The second kappa shape index (κ2) is 6.83. The summed E-state index contributed by atoms with van der Waals surface area (Å²) < 4.78 is 5.32. The van der Waals surface area contributed by atoms with E-state index in [0.717, 1.165) is 38.8 Å². The Morgan fingerprint density at radius 2 is 2.40 bits per heavy atom. The second-order valence-electron chi connectivity index (χ2n) is 4.57. The number of carbonyl (C=O) groups excluding carboxylic acids is 1. The van der Waals surface area contributed by atoms with Crippen LogP contribution in [0.5, 0.6) is 0 Å². The molecule has 1 heterocycles. The van der Waals surface area contributed by atoms with Crippen molar-refractivity contribution in [1.82, 2.24) is 5.32 Å². The Bertz CT molecular complexity index is 188. The van der Waals surface area contributed by atoms with Crippen molar-refractivity contribution in [3.8, 4) is 0 Å². The molecule has 0 radical (unpaired) electrons. The van der Waals surface area contributed by atoms with E-state index in [-0.39, 0.29) is 11.9 Å². The van der Waals surface area contributed by atoms with Gasteiger partial charge in [-0.05, 0) is 31.7 Å². The van der Waals surface area contributed by atoms with Crippen LogP contribution in [-0.4, -0.2) is 25.7 Å². The lowest BCUT2D eigenvalue weighted by atomic mass is 10.00. The molecular weight excluding hydrogens is 190 g/mol. The highest BCUT2D eigenvalue weighted by Crippen LogP contribution is 2.13. The largest absolute Gasteiger partial charge is 0.465 e. The Kier molecular flexibility index (Phi) is 5.69. The zero-order chi connectivity index (χ0) is 11.1. The Hall–Kier alpha value is -0.570. The van der Waals surface area contributed by atoms with Crippen LogP contribution in [0.4, 0.5) is 0 Å². The summed E-state index contributed by atoms with van der Waals surface area (Å²) in [7, 11) is 0. The number of esters is 1. The van der Waals surface area contributed by atoms with E-state index < -0.39 is 0 Å². The van der Waals surface area contributed by atoms with Gasteiger partial charge in [-0.15, -0.1) is 0 Å². The Morgan fingerprint density at radius 1 is 1.60 bits per heavy atom. The summed E-state index contributed by atoms with van der Waals surface area (Å²) in [4.78, 5) is 11.6. The highest BCUT2D eigenvalue weighted by molar-refractivity contribution is 5.72. The van der Waals surface area contributed by atoms with Crippen LogP contribution < -0.4 is 5.32 Å². The number of carbonyl (C=O) groups is 1. The van der Waals surface area contributed by atoms with Crippen molar-refractivity contribution in [1.29, 1.82) is 0 Å². The first-order valence-corrected chi connectivity index (χ1v) is 6.11. The molecule has 1 saturated heterocycles. The molecule has 0 aromatic heterocycles. The third kappa shape index (κ3) is 4.65. The van der Waals surface area contributed by atoms with Gasteiger partial charge in [0.05, 0.1) is 12.5 Å². The fraction of sp³-hybridized carbons (Fsp3) is 0.917. The minimum atomic E-state index is -0.00912. The quantitative estimate of drug-likeness (QED) is 0.710. The number of ether oxygens (including phenoxy) is 1.